The molecule has 3 aromatic rings. The van der Waals surface area contributed by atoms with Crippen molar-refractivity contribution in [2.75, 3.05) is 0 Å². The van der Waals surface area contributed by atoms with Crippen molar-refractivity contribution in [2.45, 2.75) is 13.0 Å². The third kappa shape index (κ3) is 3.54. The Kier molecular flexibility index (Phi) is 4.34. The molecular formula is C16H13ClN4O2. The molecule has 1 N–H and O–H groups in total. The molecule has 0 aliphatic heterocycles. The predicted molar refractivity (Wildman–Crippen MR) is 84.9 cm³/mol. The van der Waals surface area contributed by atoms with Gasteiger partial charge in [0.2, 0.25) is 11.7 Å². The fraction of sp³-hybridized carbons (Fsp3) is 0.125. The van der Waals surface area contributed by atoms with Crippen molar-refractivity contribution in [3.8, 4) is 11.4 Å². The van der Waals surface area contributed by atoms with Gasteiger partial charge in [-0.05, 0) is 43.3 Å². The SMILES string of the molecule is CC(NC(=O)c1ccncc1)c1nc(-c2ccc(Cl)cc2)no1. The summed E-state index contributed by atoms with van der Waals surface area (Å²) in [4.78, 5) is 20.3. The summed E-state index contributed by atoms with van der Waals surface area (Å²) < 4.78 is 5.23. The minimum atomic E-state index is -0.413. The Hall–Kier alpha value is -2.73. The summed E-state index contributed by atoms with van der Waals surface area (Å²) in [5.41, 5.74) is 1.31. The molecule has 116 valence electrons. The molecule has 1 atom stereocenters. The highest BCUT2D eigenvalue weighted by Crippen LogP contribution is 2.20. The van der Waals surface area contributed by atoms with E-state index in [2.05, 4.69) is 20.4 Å². The molecule has 6 nitrogen and oxygen atoms in total. The van der Waals surface area contributed by atoms with Crippen LogP contribution in [0.2, 0.25) is 5.02 Å². The molecule has 2 aromatic heterocycles. The van der Waals surface area contributed by atoms with Crippen LogP contribution in [0, 0.1) is 0 Å². The average Bonchev–Trinajstić information content (AvgIpc) is 3.06. The molecule has 0 saturated carbocycles. The molecule has 3 rings (SSSR count). The lowest BCUT2D eigenvalue weighted by atomic mass is 10.2. The summed E-state index contributed by atoms with van der Waals surface area (Å²) in [6.45, 7) is 1.78. The van der Waals surface area contributed by atoms with Crippen molar-refractivity contribution in [3.05, 3.63) is 65.3 Å². The second kappa shape index (κ2) is 6.58. The van der Waals surface area contributed by atoms with E-state index in [1.54, 1.807) is 55.7 Å². The van der Waals surface area contributed by atoms with Gasteiger partial charge in [-0.1, -0.05) is 16.8 Å². The highest BCUT2D eigenvalue weighted by Gasteiger charge is 2.18. The van der Waals surface area contributed by atoms with Crippen LogP contribution in [0.4, 0.5) is 0 Å². The summed E-state index contributed by atoms with van der Waals surface area (Å²) in [5.74, 6) is 0.546. The molecule has 0 spiro atoms. The zero-order valence-corrected chi connectivity index (χ0v) is 13.0. The Morgan fingerprint density at radius 1 is 1.17 bits per heavy atom. The lowest BCUT2D eigenvalue weighted by Crippen LogP contribution is -2.26. The van der Waals surface area contributed by atoms with Gasteiger partial charge in [-0.3, -0.25) is 9.78 Å². The molecule has 0 fully saturated rings. The molecular weight excluding hydrogens is 316 g/mol. The number of pyridine rings is 1. The molecule has 0 saturated heterocycles. The highest BCUT2D eigenvalue weighted by molar-refractivity contribution is 6.30. The number of carbonyl (C=O) groups excluding carboxylic acids is 1. The van der Waals surface area contributed by atoms with Crippen molar-refractivity contribution >= 4 is 17.5 Å². The third-order valence-corrected chi connectivity index (χ3v) is 3.46. The number of rotatable bonds is 4. The Labute approximate surface area is 137 Å². The second-order valence-electron chi connectivity index (χ2n) is 4.89. The van der Waals surface area contributed by atoms with Gasteiger partial charge in [0.15, 0.2) is 0 Å². The van der Waals surface area contributed by atoms with Crippen molar-refractivity contribution in [2.24, 2.45) is 0 Å². The Morgan fingerprint density at radius 3 is 2.57 bits per heavy atom. The van der Waals surface area contributed by atoms with Gasteiger partial charge in [-0.15, -0.1) is 0 Å². The first-order chi connectivity index (χ1) is 11.1. The monoisotopic (exact) mass is 328 g/mol. The van der Waals surface area contributed by atoms with Crippen LogP contribution in [-0.4, -0.2) is 21.0 Å². The van der Waals surface area contributed by atoms with Gasteiger partial charge < -0.3 is 9.84 Å². The number of benzene rings is 1. The van der Waals surface area contributed by atoms with Gasteiger partial charge in [0.05, 0.1) is 0 Å². The number of nitrogens with zero attached hydrogens (tertiary/aromatic N) is 3. The fourth-order valence-electron chi connectivity index (χ4n) is 1.97. The Morgan fingerprint density at radius 2 is 1.87 bits per heavy atom. The molecule has 0 radical (unpaired) electrons. The van der Waals surface area contributed by atoms with Gasteiger partial charge in [0.25, 0.3) is 5.91 Å². The van der Waals surface area contributed by atoms with Crippen LogP contribution in [0.25, 0.3) is 11.4 Å². The van der Waals surface area contributed by atoms with E-state index >= 15 is 0 Å². The first-order valence-corrected chi connectivity index (χ1v) is 7.32. The molecule has 23 heavy (non-hydrogen) atoms. The van der Waals surface area contributed by atoms with Crippen LogP contribution < -0.4 is 5.32 Å². The first-order valence-electron chi connectivity index (χ1n) is 6.94. The number of carbonyl (C=O) groups is 1. The van der Waals surface area contributed by atoms with Gasteiger partial charge in [-0.2, -0.15) is 4.98 Å². The molecule has 0 aliphatic carbocycles. The molecule has 7 heteroatoms. The fourth-order valence-corrected chi connectivity index (χ4v) is 2.10. The normalized spacial score (nSPS) is 11.9. The summed E-state index contributed by atoms with van der Waals surface area (Å²) in [6.07, 6.45) is 3.12. The van der Waals surface area contributed by atoms with E-state index in [9.17, 15) is 4.79 Å². The van der Waals surface area contributed by atoms with Crippen LogP contribution in [0.5, 0.6) is 0 Å². The van der Waals surface area contributed by atoms with Crippen LogP contribution in [-0.2, 0) is 0 Å². The molecule has 1 aromatic carbocycles. The number of aromatic nitrogens is 3. The van der Waals surface area contributed by atoms with Crippen LogP contribution in [0.3, 0.4) is 0 Å². The maximum absolute atomic E-state index is 12.1. The largest absolute Gasteiger partial charge is 0.341 e. The number of hydrogen-bond acceptors (Lipinski definition) is 5. The molecule has 2 heterocycles. The van der Waals surface area contributed by atoms with Gasteiger partial charge >= 0.3 is 0 Å². The lowest BCUT2D eigenvalue weighted by molar-refractivity contribution is 0.0932. The van der Waals surface area contributed by atoms with Crippen molar-refractivity contribution in [1.82, 2.24) is 20.4 Å². The summed E-state index contributed by atoms with van der Waals surface area (Å²) in [7, 11) is 0. The maximum Gasteiger partial charge on any atom is 0.252 e. The molecule has 1 amide bonds. The van der Waals surface area contributed by atoms with Crippen LogP contribution in [0.15, 0.2) is 53.3 Å². The summed E-state index contributed by atoms with van der Waals surface area (Å²) in [5, 5.41) is 7.36. The topological polar surface area (TPSA) is 80.9 Å². The van der Waals surface area contributed by atoms with Gasteiger partial charge in [-0.25, -0.2) is 0 Å². The zero-order valence-electron chi connectivity index (χ0n) is 12.2. The van der Waals surface area contributed by atoms with Crippen molar-refractivity contribution in [3.63, 3.8) is 0 Å². The Balaban J connectivity index is 1.72. The Bertz CT molecular complexity index is 802. The smallest absolute Gasteiger partial charge is 0.252 e. The molecule has 1 unspecified atom stereocenters. The number of hydrogen-bond donors (Lipinski definition) is 1. The molecule has 0 bridgehead atoms. The van der Waals surface area contributed by atoms with E-state index < -0.39 is 6.04 Å². The maximum atomic E-state index is 12.1. The van der Waals surface area contributed by atoms with E-state index in [0.29, 0.717) is 22.3 Å². The van der Waals surface area contributed by atoms with E-state index in [1.165, 1.54) is 0 Å². The number of halogens is 1. The van der Waals surface area contributed by atoms with Crippen molar-refractivity contribution < 1.29 is 9.32 Å². The predicted octanol–water partition coefficient (Wildman–Crippen LogP) is 3.28. The standard InChI is InChI=1S/C16H13ClN4O2/c1-10(19-15(22)12-6-8-18-9-7-12)16-20-14(21-23-16)11-2-4-13(17)5-3-11/h2-10H,1H3,(H,19,22). The van der Waals surface area contributed by atoms with E-state index in [1.807, 2.05) is 0 Å². The highest BCUT2D eigenvalue weighted by atomic mass is 35.5. The first kappa shape index (κ1) is 15.2. The summed E-state index contributed by atoms with van der Waals surface area (Å²) >= 11 is 5.85. The second-order valence-corrected chi connectivity index (χ2v) is 5.33. The van der Waals surface area contributed by atoms with E-state index in [0.717, 1.165) is 5.56 Å². The minimum absolute atomic E-state index is 0.230. The van der Waals surface area contributed by atoms with Crippen molar-refractivity contribution in [1.29, 1.82) is 0 Å². The van der Waals surface area contributed by atoms with Crippen LogP contribution in [0.1, 0.15) is 29.2 Å². The summed E-state index contributed by atoms with van der Waals surface area (Å²) in [6, 6.07) is 9.96. The van der Waals surface area contributed by atoms with Gasteiger partial charge in [0, 0.05) is 28.5 Å². The van der Waals surface area contributed by atoms with Crippen LogP contribution >= 0.6 is 11.6 Å². The third-order valence-electron chi connectivity index (χ3n) is 3.20. The number of nitrogens with one attached hydrogen (secondary N) is 1. The molecule has 0 aliphatic rings. The van der Waals surface area contributed by atoms with E-state index in [-0.39, 0.29) is 5.91 Å². The average molecular weight is 329 g/mol. The number of amides is 1. The minimum Gasteiger partial charge on any atom is -0.341 e. The lowest BCUT2D eigenvalue weighted by Gasteiger charge is -2.09. The zero-order chi connectivity index (χ0) is 16.2. The van der Waals surface area contributed by atoms with Gasteiger partial charge in [0.1, 0.15) is 6.04 Å². The quantitative estimate of drug-likeness (QED) is 0.795. The van der Waals surface area contributed by atoms with E-state index in [4.69, 9.17) is 16.1 Å².